The molecule has 0 atom stereocenters. The number of thiazole rings is 1. The van der Waals surface area contributed by atoms with Crippen molar-refractivity contribution in [3.8, 4) is 22.8 Å². The molecule has 5 aromatic rings. The fourth-order valence-electron chi connectivity index (χ4n) is 5.14. The van der Waals surface area contributed by atoms with Crippen LogP contribution in [0.15, 0.2) is 72.8 Å². The van der Waals surface area contributed by atoms with Crippen molar-refractivity contribution in [1.29, 1.82) is 0 Å². The Morgan fingerprint density at radius 2 is 1.70 bits per heavy atom. The number of rotatable bonds is 8. The molecule has 9 heteroatoms. The first-order valence-corrected chi connectivity index (χ1v) is 14.2. The lowest BCUT2D eigenvalue weighted by molar-refractivity contribution is 0.0949. The summed E-state index contributed by atoms with van der Waals surface area (Å²) in [6, 6.07) is 23.6. The largest absolute Gasteiger partial charge is 0.493 e. The number of nitrogens with zero attached hydrogens (tertiary/aromatic N) is 4. The number of pyridine rings is 1. The van der Waals surface area contributed by atoms with Crippen LogP contribution in [0.1, 0.15) is 10.4 Å². The standard InChI is InChI=1S/C31H31N5O3S/c1-38-26-12-13-27-28(29(26)39-2)34-31(40-27)36-18-16-35(17-19-36)15-14-32-30(37)23-20-25(21-8-4-3-5-9-21)33-24-11-7-6-10-22(23)24/h3-13,20H,14-19H2,1-2H3,(H,32,37). The minimum absolute atomic E-state index is 0.0757. The van der Waals surface area contributed by atoms with Crippen LogP contribution in [0.25, 0.3) is 32.4 Å². The molecule has 0 spiro atoms. The minimum atomic E-state index is -0.0757. The van der Waals surface area contributed by atoms with Crippen molar-refractivity contribution in [2.75, 3.05) is 58.4 Å². The number of benzene rings is 3. The first-order valence-electron chi connectivity index (χ1n) is 13.4. The van der Waals surface area contributed by atoms with Crippen LogP contribution >= 0.6 is 11.3 Å². The van der Waals surface area contributed by atoms with E-state index in [1.54, 1.807) is 25.6 Å². The molecule has 3 aromatic carbocycles. The predicted molar refractivity (Wildman–Crippen MR) is 161 cm³/mol. The molecule has 1 fully saturated rings. The molecule has 0 aliphatic carbocycles. The molecule has 6 rings (SSSR count). The molecular formula is C31H31N5O3S. The SMILES string of the molecule is COc1ccc2sc(N3CCN(CCNC(=O)c4cc(-c5ccccc5)nc5ccccc45)CC3)nc2c1OC. The van der Waals surface area contributed by atoms with E-state index in [1.165, 1.54) is 0 Å². The van der Waals surface area contributed by atoms with Crippen molar-refractivity contribution >= 4 is 43.5 Å². The number of methoxy groups -OCH3 is 2. The zero-order valence-corrected chi connectivity index (χ0v) is 23.4. The van der Waals surface area contributed by atoms with Gasteiger partial charge < -0.3 is 19.7 Å². The van der Waals surface area contributed by atoms with E-state index in [9.17, 15) is 4.79 Å². The van der Waals surface area contributed by atoms with E-state index < -0.39 is 0 Å². The lowest BCUT2D eigenvalue weighted by Crippen LogP contribution is -2.48. The predicted octanol–water partition coefficient (Wildman–Crippen LogP) is 5.08. The highest BCUT2D eigenvalue weighted by Crippen LogP contribution is 2.40. The van der Waals surface area contributed by atoms with E-state index in [2.05, 4.69) is 15.1 Å². The van der Waals surface area contributed by atoms with Gasteiger partial charge in [0.25, 0.3) is 5.91 Å². The number of hydrogen-bond acceptors (Lipinski definition) is 8. The summed E-state index contributed by atoms with van der Waals surface area (Å²) in [6.07, 6.45) is 0. The van der Waals surface area contributed by atoms with Gasteiger partial charge in [-0.2, -0.15) is 0 Å². The summed E-state index contributed by atoms with van der Waals surface area (Å²) in [6.45, 7) is 4.93. The normalized spacial score (nSPS) is 14.0. The van der Waals surface area contributed by atoms with Crippen LogP contribution in [-0.2, 0) is 0 Å². The number of ether oxygens (including phenoxy) is 2. The first-order chi connectivity index (χ1) is 19.6. The Hall–Kier alpha value is -4.21. The average Bonchev–Trinajstić information content (AvgIpc) is 3.45. The lowest BCUT2D eigenvalue weighted by atomic mass is 10.0. The van der Waals surface area contributed by atoms with Gasteiger partial charge in [0.1, 0.15) is 5.52 Å². The summed E-state index contributed by atoms with van der Waals surface area (Å²) in [5, 5.41) is 5.00. The van der Waals surface area contributed by atoms with Crippen molar-refractivity contribution in [3.05, 3.63) is 78.4 Å². The van der Waals surface area contributed by atoms with Gasteiger partial charge in [0.15, 0.2) is 16.6 Å². The summed E-state index contributed by atoms with van der Waals surface area (Å²) in [4.78, 5) is 27.7. The molecule has 0 radical (unpaired) electrons. The Kier molecular flexibility index (Phi) is 7.48. The molecule has 1 saturated heterocycles. The second-order valence-electron chi connectivity index (χ2n) is 9.67. The number of hydrogen-bond donors (Lipinski definition) is 1. The van der Waals surface area contributed by atoms with E-state index in [4.69, 9.17) is 19.4 Å². The highest BCUT2D eigenvalue weighted by Gasteiger charge is 2.22. The van der Waals surface area contributed by atoms with Crippen molar-refractivity contribution in [2.24, 2.45) is 0 Å². The minimum Gasteiger partial charge on any atom is -0.493 e. The van der Waals surface area contributed by atoms with Crippen LogP contribution in [-0.4, -0.2) is 74.3 Å². The Labute approximate surface area is 237 Å². The van der Waals surface area contributed by atoms with Gasteiger partial charge in [-0.05, 0) is 24.3 Å². The second-order valence-corrected chi connectivity index (χ2v) is 10.7. The number of anilines is 1. The summed E-state index contributed by atoms with van der Waals surface area (Å²) in [5.74, 6) is 1.29. The van der Waals surface area contributed by atoms with E-state index >= 15 is 0 Å². The molecular weight excluding hydrogens is 522 g/mol. The summed E-state index contributed by atoms with van der Waals surface area (Å²) in [7, 11) is 3.28. The summed E-state index contributed by atoms with van der Waals surface area (Å²) < 4.78 is 12.1. The van der Waals surface area contributed by atoms with Gasteiger partial charge in [0, 0.05) is 50.2 Å². The number of carbonyl (C=O) groups excluding carboxylic acids is 1. The summed E-state index contributed by atoms with van der Waals surface area (Å²) >= 11 is 1.67. The van der Waals surface area contributed by atoms with Crippen molar-refractivity contribution < 1.29 is 14.3 Å². The van der Waals surface area contributed by atoms with E-state index in [0.29, 0.717) is 23.6 Å². The topological polar surface area (TPSA) is 79.8 Å². The fraction of sp³-hybridized carbons (Fsp3) is 0.258. The Bertz CT molecular complexity index is 1650. The zero-order chi connectivity index (χ0) is 27.5. The third kappa shape index (κ3) is 5.17. The Morgan fingerprint density at radius 1 is 0.925 bits per heavy atom. The second kappa shape index (κ2) is 11.5. The lowest BCUT2D eigenvalue weighted by Gasteiger charge is -2.34. The van der Waals surface area contributed by atoms with E-state index in [0.717, 1.165) is 70.2 Å². The number of nitrogens with one attached hydrogen (secondary N) is 1. The van der Waals surface area contributed by atoms with Crippen LogP contribution in [0.3, 0.4) is 0 Å². The Morgan fingerprint density at radius 3 is 2.48 bits per heavy atom. The zero-order valence-electron chi connectivity index (χ0n) is 22.6. The van der Waals surface area contributed by atoms with Gasteiger partial charge in [-0.25, -0.2) is 9.97 Å². The molecule has 0 saturated carbocycles. The molecule has 1 aliphatic rings. The quantitative estimate of drug-likeness (QED) is 0.287. The fourth-order valence-corrected chi connectivity index (χ4v) is 6.15. The molecule has 204 valence electrons. The van der Waals surface area contributed by atoms with Crippen LogP contribution in [0.5, 0.6) is 11.5 Å². The molecule has 1 amide bonds. The molecule has 2 aromatic heterocycles. The van der Waals surface area contributed by atoms with Crippen molar-refractivity contribution in [1.82, 2.24) is 20.2 Å². The molecule has 1 N–H and O–H groups in total. The number of carbonyl (C=O) groups is 1. The van der Waals surface area contributed by atoms with Crippen LogP contribution < -0.4 is 19.7 Å². The third-order valence-electron chi connectivity index (χ3n) is 7.28. The van der Waals surface area contributed by atoms with Gasteiger partial charge in [-0.3, -0.25) is 9.69 Å². The molecule has 8 nitrogen and oxygen atoms in total. The summed E-state index contributed by atoms with van der Waals surface area (Å²) in [5.41, 5.74) is 4.09. The average molecular weight is 554 g/mol. The van der Waals surface area contributed by atoms with Gasteiger partial charge in [0.2, 0.25) is 0 Å². The van der Waals surface area contributed by atoms with Crippen LogP contribution in [0.2, 0.25) is 0 Å². The molecule has 0 bridgehead atoms. The number of amides is 1. The van der Waals surface area contributed by atoms with Gasteiger partial charge in [-0.1, -0.05) is 59.9 Å². The van der Waals surface area contributed by atoms with E-state index in [1.807, 2.05) is 72.8 Å². The maximum absolute atomic E-state index is 13.3. The highest BCUT2D eigenvalue weighted by atomic mass is 32.1. The van der Waals surface area contributed by atoms with Crippen LogP contribution in [0.4, 0.5) is 5.13 Å². The smallest absolute Gasteiger partial charge is 0.252 e. The molecule has 3 heterocycles. The van der Waals surface area contributed by atoms with Crippen LogP contribution in [0, 0.1) is 0 Å². The van der Waals surface area contributed by atoms with Gasteiger partial charge >= 0.3 is 0 Å². The molecule has 0 unspecified atom stereocenters. The maximum atomic E-state index is 13.3. The monoisotopic (exact) mass is 553 g/mol. The number of aromatic nitrogens is 2. The molecule has 1 aliphatic heterocycles. The molecule has 40 heavy (non-hydrogen) atoms. The number of para-hydroxylation sites is 1. The van der Waals surface area contributed by atoms with Crippen molar-refractivity contribution in [3.63, 3.8) is 0 Å². The van der Waals surface area contributed by atoms with Gasteiger partial charge in [-0.15, -0.1) is 0 Å². The highest BCUT2D eigenvalue weighted by molar-refractivity contribution is 7.22. The van der Waals surface area contributed by atoms with E-state index in [-0.39, 0.29) is 5.91 Å². The third-order valence-corrected chi connectivity index (χ3v) is 8.36. The first kappa shape index (κ1) is 26.0. The number of fused-ring (bicyclic) bond motifs is 2. The maximum Gasteiger partial charge on any atom is 0.252 e. The number of piperazine rings is 1. The van der Waals surface area contributed by atoms with Gasteiger partial charge in [0.05, 0.1) is 35.7 Å². The Balaban J connectivity index is 1.08. The van der Waals surface area contributed by atoms with Crippen molar-refractivity contribution in [2.45, 2.75) is 0 Å².